The summed E-state index contributed by atoms with van der Waals surface area (Å²) in [6, 6.07) is 7.35. The molecule has 0 aliphatic carbocycles. The lowest BCUT2D eigenvalue weighted by atomic mass is 10.2. The number of ether oxygens (including phenoxy) is 1. The van der Waals surface area contributed by atoms with E-state index in [1.807, 2.05) is 24.3 Å². The molecule has 1 unspecified atom stereocenters. The quantitative estimate of drug-likeness (QED) is 0.437. The van der Waals surface area contributed by atoms with Crippen LogP contribution in [0.25, 0.3) is 0 Å². The van der Waals surface area contributed by atoms with Gasteiger partial charge in [-0.2, -0.15) is 5.10 Å². The first-order valence-corrected chi connectivity index (χ1v) is 7.60. The molecule has 0 bridgehead atoms. The minimum atomic E-state index is -0.0919. The second-order valence-corrected chi connectivity index (χ2v) is 5.43. The Morgan fingerprint density at radius 3 is 2.86 bits per heavy atom. The fourth-order valence-corrected chi connectivity index (χ4v) is 2.21. The molecular weight excluding hydrogens is 300 g/mol. The second-order valence-electron chi connectivity index (χ2n) is 5.02. The monoisotopic (exact) mass is 320 g/mol. The van der Waals surface area contributed by atoms with Gasteiger partial charge < -0.3 is 15.4 Å². The van der Waals surface area contributed by atoms with Gasteiger partial charge in [0.05, 0.1) is 12.3 Å². The first-order chi connectivity index (χ1) is 10.6. The third kappa shape index (κ3) is 5.79. The number of carbonyl (C=O) groups is 1. The van der Waals surface area contributed by atoms with Crippen LogP contribution in [0.5, 0.6) is 0 Å². The molecule has 0 saturated carbocycles. The smallest absolute Gasteiger partial charge is 0.221 e. The summed E-state index contributed by atoms with van der Waals surface area (Å²) in [5, 5.41) is 10.3. The van der Waals surface area contributed by atoms with E-state index in [1.54, 1.807) is 6.21 Å². The zero-order chi connectivity index (χ0) is 15.8. The molecule has 118 valence electrons. The highest BCUT2D eigenvalue weighted by molar-refractivity contribution is 7.80. The first kappa shape index (κ1) is 16.4. The van der Waals surface area contributed by atoms with Crippen molar-refractivity contribution in [2.75, 3.05) is 18.5 Å². The van der Waals surface area contributed by atoms with Crippen LogP contribution in [0.2, 0.25) is 0 Å². The van der Waals surface area contributed by atoms with Crippen molar-refractivity contribution in [2.24, 2.45) is 5.10 Å². The van der Waals surface area contributed by atoms with Gasteiger partial charge in [-0.1, -0.05) is 12.1 Å². The predicted octanol–water partition coefficient (Wildman–Crippen LogP) is 1.62. The van der Waals surface area contributed by atoms with Gasteiger partial charge in [0.2, 0.25) is 5.91 Å². The molecule has 6 nitrogen and oxygen atoms in total. The topological polar surface area (TPSA) is 74.8 Å². The van der Waals surface area contributed by atoms with Crippen molar-refractivity contribution in [3.05, 3.63) is 29.8 Å². The number of hydrazone groups is 1. The van der Waals surface area contributed by atoms with E-state index in [0.717, 1.165) is 30.7 Å². The maximum absolute atomic E-state index is 10.9. The minimum Gasteiger partial charge on any atom is -0.376 e. The molecule has 7 heteroatoms. The fourth-order valence-electron chi connectivity index (χ4n) is 2.07. The highest BCUT2D eigenvalue weighted by Gasteiger charge is 2.14. The van der Waals surface area contributed by atoms with E-state index in [1.165, 1.54) is 6.92 Å². The van der Waals surface area contributed by atoms with Crippen LogP contribution >= 0.6 is 12.2 Å². The zero-order valence-electron chi connectivity index (χ0n) is 12.5. The van der Waals surface area contributed by atoms with Crippen molar-refractivity contribution in [1.29, 1.82) is 0 Å². The summed E-state index contributed by atoms with van der Waals surface area (Å²) in [4.78, 5) is 10.9. The Bertz CT molecular complexity index is 539. The van der Waals surface area contributed by atoms with E-state index in [4.69, 9.17) is 17.0 Å². The predicted molar refractivity (Wildman–Crippen MR) is 91.1 cm³/mol. The van der Waals surface area contributed by atoms with Crippen LogP contribution < -0.4 is 16.1 Å². The molecule has 0 aromatic heterocycles. The molecule has 22 heavy (non-hydrogen) atoms. The van der Waals surface area contributed by atoms with Crippen molar-refractivity contribution >= 4 is 35.1 Å². The average Bonchev–Trinajstić information content (AvgIpc) is 3.00. The third-order valence-electron chi connectivity index (χ3n) is 3.13. The summed E-state index contributed by atoms with van der Waals surface area (Å²) in [7, 11) is 0. The third-order valence-corrected chi connectivity index (χ3v) is 3.36. The number of benzene rings is 1. The number of nitrogens with one attached hydrogen (secondary N) is 3. The summed E-state index contributed by atoms with van der Waals surface area (Å²) in [6.45, 7) is 3.01. The highest BCUT2D eigenvalue weighted by atomic mass is 32.1. The van der Waals surface area contributed by atoms with Gasteiger partial charge in [0.15, 0.2) is 5.11 Å². The van der Waals surface area contributed by atoms with Gasteiger partial charge in [-0.25, -0.2) is 0 Å². The number of nitrogens with zero attached hydrogens (tertiary/aromatic N) is 1. The molecule has 2 rings (SSSR count). The van der Waals surface area contributed by atoms with Crippen molar-refractivity contribution in [2.45, 2.75) is 25.9 Å². The normalized spacial score (nSPS) is 17.4. The highest BCUT2D eigenvalue weighted by Crippen LogP contribution is 2.10. The molecule has 1 atom stereocenters. The maximum Gasteiger partial charge on any atom is 0.221 e. The second kappa shape index (κ2) is 8.45. The molecule has 1 saturated heterocycles. The van der Waals surface area contributed by atoms with Crippen LogP contribution in [0.15, 0.2) is 29.4 Å². The Hall–Kier alpha value is -1.99. The molecular formula is C15H20N4O2S. The van der Waals surface area contributed by atoms with Crippen LogP contribution in [0.3, 0.4) is 0 Å². The minimum absolute atomic E-state index is 0.0919. The van der Waals surface area contributed by atoms with Gasteiger partial charge in [0, 0.05) is 25.8 Å². The first-order valence-electron chi connectivity index (χ1n) is 7.19. The molecule has 1 aliphatic rings. The molecule has 0 spiro atoms. The van der Waals surface area contributed by atoms with Crippen molar-refractivity contribution in [3.63, 3.8) is 0 Å². The van der Waals surface area contributed by atoms with Crippen molar-refractivity contribution in [1.82, 2.24) is 10.7 Å². The van der Waals surface area contributed by atoms with E-state index >= 15 is 0 Å². The van der Waals surface area contributed by atoms with Gasteiger partial charge in [-0.05, 0) is 42.8 Å². The maximum atomic E-state index is 10.9. The van der Waals surface area contributed by atoms with Gasteiger partial charge in [-0.15, -0.1) is 0 Å². The summed E-state index contributed by atoms with van der Waals surface area (Å²) < 4.78 is 5.50. The largest absolute Gasteiger partial charge is 0.376 e. The van der Waals surface area contributed by atoms with Crippen LogP contribution in [0.4, 0.5) is 5.69 Å². The van der Waals surface area contributed by atoms with Gasteiger partial charge in [0.25, 0.3) is 0 Å². The Balaban J connectivity index is 1.71. The Morgan fingerprint density at radius 1 is 1.45 bits per heavy atom. The van der Waals surface area contributed by atoms with E-state index in [2.05, 4.69) is 21.2 Å². The number of anilines is 1. The van der Waals surface area contributed by atoms with E-state index in [0.29, 0.717) is 11.7 Å². The molecule has 0 radical (unpaired) electrons. The molecule has 3 N–H and O–H groups in total. The average molecular weight is 320 g/mol. The van der Waals surface area contributed by atoms with Crippen LogP contribution in [-0.2, 0) is 9.53 Å². The number of carbonyl (C=O) groups excluding carboxylic acids is 1. The Labute approximate surface area is 135 Å². The number of hydrogen-bond donors (Lipinski definition) is 3. The molecule has 1 fully saturated rings. The van der Waals surface area contributed by atoms with E-state index in [9.17, 15) is 4.79 Å². The number of amides is 1. The number of hydrogen-bond acceptors (Lipinski definition) is 4. The lowest BCUT2D eigenvalue weighted by Crippen LogP contribution is -2.37. The molecule has 1 aromatic rings. The van der Waals surface area contributed by atoms with E-state index in [-0.39, 0.29) is 12.0 Å². The van der Waals surface area contributed by atoms with Crippen LogP contribution in [-0.4, -0.2) is 36.5 Å². The standard InChI is InChI=1S/C15H20N4O2S/c1-11(20)18-13-6-4-12(5-7-13)9-17-19-15(22)16-10-14-3-2-8-21-14/h4-7,9,14H,2-3,8,10H2,1H3,(H,18,20)(H2,16,19,22). The molecule has 1 aliphatic heterocycles. The summed E-state index contributed by atoms with van der Waals surface area (Å²) in [5.74, 6) is -0.0919. The van der Waals surface area contributed by atoms with Crippen LogP contribution in [0, 0.1) is 0 Å². The Kier molecular flexibility index (Phi) is 6.29. The van der Waals surface area contributed by atoms with Gasteiger partial charge in [0.1, 0.15) is 0 Å². The summed E-state index contributed by atoms with van der Waals surface area (Å²) in [6.07, 6.45) is 4.08. The Morgan fingerprint density at radius 2 is 2.23 bits per heavy atom. The number of thiocarbonyl (C=S) groups is 1. The van der Waals surface area contributed by atoms with Gasteiger partial charge in [-0.3, -0.25) is 10.2 Å². The van der Waals surface area contributed by atoms with Crippen molar-refractivity contribution < 1.29 is 9.53 Å². The molecule has 1 amide bonds. The zero-order valence-corrected chi connectivity index (χ0v) is 13.3. The van der Waals surface area contributed by atoms with Gasteiger partial charge >= 0.3 is 0 Å². The van der Waals surface area contributed by atoms with E-state index < -0.39 is 0 Å². The lowest BCUT2D eigenvalue weighted by molar-refractivity contribution is -0.114. The molecule has 1 heterocycles. The lowest BCUT2D eigenvalue weighted by Gasteiger charge is -2.11. The summed E-state index contributed by atoms with van der Waals surface area (Å²) in [5.41, 5.74) is 4.43. The SMILES string of the molecule is CC(=O)Nc1ccc(C=NNC(=S)NCC2CCCO2)cc1. The van der Waals surface area contributed by atoms with Crippen LogP contribution in [0.1, 0.15) is 25.3 Å². The van der Waals surface area contributed by atoms with Crippen molar-refractivity contribution in [3.8, 4) is 0 Å². The summed E-state index contributed by atoms with van der Waals surface area (Å²) >= 11 is 5.13. The molecule has 1 aromatic carbocycles. The number of rotatable bonds is 5. The fraction of sp³-hybridized carbons (Fsp3) is 0.400.